The number of carbonyl (C=O) groups excluding carboxylic acids is 2. The van der Waals surface area contributed by atoms with Crippen LogP contribution in [-0.4, -0.2) is 26.0 Å². The SMILES string of the molecule is CC1C(Br)C(=O)C=C2C(Br)(CBr)C[C@@H]3[C@@H](CC[C@]4(C)C(=O)CC[C@@H]34)[C@]21C. The number of allylic oxidation sites excluding steroid dienone is 1. The van der Waals surface area contributed by atoms with Gasteiger partial charge < -0.3 is 0 Å². The molecule has 4 rings (SSSR count). The molecule has 0 amide bonds. The van der Waals surface area contributed by atoms with E-state index in [1.807, 2.05) is 6.08 Å². The van der Waals surface area contributed by atoms with Crippen molar-refractivity contribution in [1.29, 1.82) is 0 Å². The van der Waals surface area contributed by atoms with Crippen LogP contribution in [-0.2, 0) is 9.59 Å². The van der Waals surface area contributed by atoms with E-state index in [-0.39, 0.29) is 31.7 Å². The lowest BCUT2D eigenvalue weighted by atomic mass is 9.44. The third-order valence-electron chi connectivity index (χ3n) is 8.69. The highest BCUT2D eigenvalue weighted by molar-refractivity contribution is 9.12. The predicted molar refractivity (Wildman–Crippen MR) is 115 cm³/mol. The van der Waals surface area contributed by atoms with Crippen LogP contribution in [0.15, 0.2) is 11.6 Å². The smallest absolute Gasteiger partial charge is 0.169 e. The second kappa shape index (κ2) is 6.26. The van der Waals surface area contributed by atoms with Gasteiger partial charge in [-0.05, 0) is 66.4 Å². The van der Waals surface area contributed by atoms with E-state index in [2.05, 4.69) is 68.6 Å². The Kier molecular flexibility index (Phi) is 4.77. The third kappa shape index (κ3) is 2.38. The molecule has 0 aromatic rings. The lowest BCUT2D eigenvalue weighted by molar-refractivity contribution is -0.134. The molecule has 0 aromatic heterocycles. The van der Waals surface area contributed by atoms with E-state index in [1.165, 1.54) is 5.57 Å². The molecule has 8 atom stereocenters. The Morgan fingerprint density at radius 3 is 2.54 bits per heavy atom. The average Bonchev–Trinajstić information content (AvgIpc) is 2.91. The molecule has 0 spiro atoms. The van der Waals surface area contributed by atoms with E-state index in [0.717, 1.165) is 37.4 Å². The lowest BCUT2D eigenvalue weighted by Gasteiger charge is -2.63. The van der Waals surface area contributed by atoms with Crippen molar-refractivity contribution in [2.24, 2.45) is 34.5 Å². The van der Waals surface area contributed by atoms with E-state index in [0.29, 0.717) is 23.5 Å². The van der Waals surface area contributed by atoms with Gasteiger partial charge >= 0.3 is 0 Å². The topological polar surface area (TPSA) is 34.1 Å². The number of halogens is 3. The zero-order chi connectivity index (χ0) is 19.1. The first-order valence-electron chi connectivity index (χ1n) is 9.78. The largest absolute Gasteiger partial charge is 0.299 e. The maximum absolute atomic E-state index is 12.7. The van der Waals surface area contributed by atoms with Crippen molar-refractivity contribution in [1.82, 2.24) is 0 Å². The molecule has 3 fully saturated rings. The Hall–Kier alpha value is 0.520. The molecule has 4 aliphatic carbocycles. The normalized spacial score (nSPS) is 53.6. The van der Waals surface area contributed by atoms with Gasteiger partial charge in [0.2, 0.25) is 0 Å². The monoisotopic (exact) mass is 548 g/mol. The van der Waals surface area contributed by atoms with E-state index in [9.17, 15) is 9.59 Å². The van der Waals surface area contributed by atoms with Gasteiger partial charge in [0.25, 0.3) is 0 Å². The molecular weight excluding hydrogens is 524 g/mol. The van der Waals surface area contributed by atoms with Gasteiger partial charge in [0, 0.05) is 17.2 Å². The molecule has 3 saturated carbocycles. The van der Waals surface area contributed by atoms with Crippen molar-refractivity contribution in [3.63, 3.8) is 0 Å². The third-order valence-corrected chi connectivity index (χ3v) is 12.7. The number of rotatable bonds is 1. The van der Waals surface area contributed by atoms with Gasteiger partial charge in [-0.25, -0.2) is 0 Å². The van der Waals surface area contributed by atoms with Gasteiger partial charge in [-0.1, -0.05) is 68.6 Å². The first-order chi connectivity index (χ1) is 12.1. The van der Waals surface area contributed by atoms with Gasteiger partial charge in [-0.2, -0.15) is 0 Å². The molecule has 5 heteroatoms. The van der Waals surface area contributed by atoms with Crippen LogP contribution in [0.1, 0.15) is 52.9 Å². The number of ketones is 2. The van der Waals surface area contributed by atoms with Gasteiger partial charge in [0.05, 0.1) is 9.15 Å². The number of Topliss-reactive ketones (excluding diaryl/α,β-unsaturated/α-hetero) is 1. The number of alkyl halides is 3. The quantitative estimate of drug-likeness (QED) is 0.384. The van der Waals surface area contributed by atoms with Crippen LogP contribution >= 0.6 is 47.8 Å². The zero-order valence-electron chi connectivity index (χ0n) is 15.7. The molecule has 0 radical (unpaired) electrons. The molecule has 0 aromatic carbocycles. The Morgan fingerprint density at radius 2 is 1.88 bits per heavy atom. The van der Waals surface area contributed by atoms with Crippen molar-refractivity contribution in [2.45, 2.75) is 62.0 Å². The van der Waals surface area contributed by atoms with E-state index < -0.39 is 0 Å². The molecule has 2 nitrogen and oxygen atoms in total. The molecule has 4 aliphatic rings. The second-order valence-corrected chi connectivity index (χ2v) is 12.6. The second-order valence-electron chi connectivity index (χ2n) is 9.53. The summed E-state index contributed by atoms with van der Waals surface area (Å²) < 4.78 is -0.191. The number of fused-ring (bicyclic) bond motifs is 5. The van der Waals surface area contributed by atoms with Crippen LogP contribution in [0.25, 0.3) is 0 Å². The lowest BCUT2D eigenvalue weighted by Crippen LogP contribution is -2.60. The summed E-state index contributed by atoms with van der Waals surface area (Å²) in [5.74, 6) is 2.50. The van der Waals surface area contributed by atoms with Gasteiger partial charge in [0.1, 0.15) is 5.78 Å². The minimum Gasteiger partial charge on any atom is -0.299 e. The van der Waals surface area contributed by atoms with E-state index >= 15 is 0 Å². The predicted octanol–water partition coefficient (Wildman–Crippen LogP) is 5.85. The van der Waals surface area contributed by atoms with Crippen LogP contribution in [0.2, 0.25) is 0 Å². The average molecular weight is 551 g/mol. The molecule has 0 saturated heterocycles. The van der Waals surface area contributed by atoms with Gasteiger partial charge in [-0.3, -0.25) is 9.59 Å². The summed E-state index contributed by atoms with van der Waals surface area (Å²) in [6.45, 7) is 6.85. The highest BCUT2D eigenvalue weighted by Crippen LogP contribution is 2.69. The van der Waals surface area contributed by atoms with Crippen molar-refractivity contribution in [3.8, 4) is 0 Å². The maximum atomic E-state index is 12.7. The first-order valence-corrected chi connectivity index (χ1v) is 12.6. The minimum atomic E-state index is -0.191. The summed E-state index contributed by atoms with van der Waals surface area (Å²) in [4.78, 5) is 25.2. The van der Waals surface area contributed by atoms with E-state index in [4.69, 9.17) is 0 Å². The summed E-state index contributed by atoms with van der Waals surface area (Å²) in [6.07, 6.45) is 6.85. The summed E-state index contributed by atoms with van der Waals surface area (Å²) >= 11 is 11.5. The Bertz CT molecular complexity index is 703. The summed E-state index contributed by atoms with van der Waals surface area (Å²) in [6, 6.07) is 0. The van der Waals surface area contributed by atoms with Gasteiger partial charge in [0.15, 0.2) is 5.78 Å². The Labute approximate surface area is 181 Å². The summed E-state index contributed by atoms with van der Waals surface area (Å²) in [5.41, 5.74) is 1.14. The fourth-order valence-electron chi connectivity index (χ4n) is 7.02. The van der Waals surface area contributed by atoms with E-state index in [1.54, 1.807) is 0 Å². The van der Waals surface area contributed by atoms with Crippen molar-refractivity contribution >= 4 is 59.4 Å². The molecule has 144 valence electrons. The molecule has 0 bridgehead atoms. The molecule has 26 heavy (non-hydrogen) atoms. The van der Waals surface area contributed by atoms with Crippen LogP contribution in [0.4, 0.5) is 0 Å². The Balaban J connectivity index is 1.86. The van der Waals surface area contributed by atoms with Crippen LogP contribution < -0.4 is 0 Å². The molecule has 0 N–H and O–H groups in total. The van der Waals surface area contributed by atoms with Crippen molar-refractivity contribution in [2.75, 3.05) is 5.33 Å². The van der Waals surface area contributed by atoms with Crippen LogP contribution in [0.3, 0.4) is 0 Å². The zero-order valence-corrected chi connectivity index (χ0v) is 20.4. The summed E-state index contributed by atoms with van der Waals surface area (Å²) in [5, 5.41) is 0.801. The molecule has 0 heterocycles. The fraction of sp³-hybridized carbons (Fsp3) is 0.810. The highest BCUT2D eigenvalue weighted by atomic mass is 79.9. The fourth-order valence-corrected chi connectivity index (χ4v) is 9.15. The summed E-state index contributed by atoms with van der Waals surface area (Å²) in [7, 11) is 0. The number of carbonyl (C=O) groups is 2. The van der Waals surface area contributed by atoms with Gasteiger partial charge in [-0.15, -0.1) is 0 Å². The van der Waals surface area contributed by atoms with Crippen LogP contribution in [0, 0.1) is 34.5 Å². The molecule has 0 aliphatic heterocycles. The Morgan fingerprint density at radius 1 is 1.19 bits per heavy atom. The number of hydrogen-bond donors (Lipinski definition) is 0. The molecule has 3 unspecified atom stereocenters. The molecular formula is C21H27Br3O2. The van der Waals surface area contributed by atoms with Crippen molar-refractivity contribution < 1.29 is 9.59 Å². The minimum absolute atomic E-state index is 0.0186. The first kappa shape index (κ1) is 19.8. The van der Waals surface area contributed by atoms with Crippen molar-refractivity contribution in [3.05, 3.63) is 11.6 Å². The highest BCUT2D eigenvalue weighted by Gasteiger charge is 2.65. The standard InChI is InChI=1S/C21H27Br3O2/c1-11-18(23)15(25)8-16-20(11,3)14-6-7-19(2)13(4-5-17(19)26)12(14)9-21(16,24)10-22/h8,11-14,18H,4-7,9-10H2,1-3H3/t11?,12-,13-,14+,18?,19-,20+,21?/m0/s1. The maximum Gasteiger partial charge on any atom is 0.169 e. The number of hydrogen-bond acceptors (Lipinski definition) is 2. The van der Waals surface area contributed by atoms with Crippen LogP contribution in [0.5, 0.6) is 0 Å².